The second-order valence-corrected chi connectivity index (χ2v) is 7.27. The molecule has 4 heteroatoms. The third-order valence-electron chi connectivity index (χ3n) is 4.18. The van der Waals surface area contributed by atoms with Crippen molar-refractivity contribution in [2.45, 2.75) is 110 Å². The second kappa shape index (κ2) is 17.1. The van der Waals surface area contributed by atoms with E-state index >= 15 is 0 Å². The van der Waals surface area contributed by atoms with Crippen molar-refractivity contribution in [3.05, 3.63) is 0 Å². The van der Waals surface area contributed by atoms with Crippen LogP contribution in [0.25, 0.3) is 0 Å². The Morgan fingerprint density at radius 3 is 1.32 bits per heavy atom. The van der Waals surface area contributed by atoms with Gasteiger partial charge in [-0.05, 0) is 6.42 Å². The predicted molar refractivity (Wildman–Crippen MR) is 95.3 cm³/mol. The molecular weight excluding hydrogens is 296 g/mol. The maximum absolute atomic E-state index is 10.9. The zero-order valence-electron chi connectivity index (χ0n) is 14.5. The maximum Gasteiger partial charge on any atom is 0.246 e. The largest absolute Gasteiger partial charge is 0.300 e. The molecule has 22 heavy (non-hydrogen) atoms. The number of rotatable bonds is 16. The number of carbonyl (C=O) groups is 1. The molecule has 0 saturated heterocycles. The zero-order valence-corrected chi connectivity index (χ0v) is 15.3. The van der Waals surface area contributed by atoms with E-state index in [4.69, 9.17) is 4.55 Å². The van der Waals surface area contributed by atoms with Crippen LogP contribution in [0.15, 0.2) is 0 Å². The molecule has 0 spiro atoms. The molecule has 1 atom stereocenters. The highest BCUT2D eigenvalue weighted by Gasteiger charge is 2.07. The van der Waals surface area contributed by atoms with Crippen LogP contribution in [0.1, 0.15) is 110 Å². The zero-order chi connectivity index (χ0) is 16.5. The average molecular weight is 333 g/mol. The van der Waals surface area contributed by atoms with Crippen LogP contribution in [0.2, 0.25) is 0 Å². The highest BCUT2D eigenvalue weighted by Crippen LogP contribution is 2.13. The van der Waals surface area contributed by atoms with Crippen LogP contribution < -0.4 is 0 Å². The molecule has 3 nitrogen and oxygen atoms in total. The van der Waals surface area contributed by atoms with Crippen molar-refractivity contribution in [1.82, 2.24) is 0 Å². The summed E-state index contributed by atoms with van der Waals surface area (Å²) in [5.41, 5.74) is 0. The standard InChI is InChI=1S/C18H36O3S/c1-2-3-4-5-6-7-8-9-10-11-12-13-14-15-16-17-18(19)22(20)21/h2-17H2,1H3,(H,20,21). The van der Waals surface area contributed by atoms with Gasteiger partial charge in [0, 0.05) is 6.42 Å². The second-order valence-electron chi connectivity index (χ2n) is 6.32. The first-order valence-corrected chi connectivity index (χ1v) is 10.4. The molecule has 1 N–H and O–H groups in total. The van der Waals surface area contributed by atoms with Crippen molar-refractivity contribution in [2.24, 2.45) is 0 Å². The molecule has 0 fully saturated rings. The summed E-state index contributed by atoms with van der Waals surface area (Å²) in [5.74, 6) is 0. The first kappa shape index (κ1) is 21.8. The summed E-state index contributed by atoms with van der Waals surface area (Å²) < 4.78 is 19.0. The Kier molecular flexibility index (Phi) is 17.0. The van der Waals surface area contributed by atoms with Crippen LogP contribution in [0.3, 0.4) is 0 Å². The lowest BCUT2D eigenvalue weighted by molar-refractivity contribution is -0.111. The van der Waals surface area contributed by atoms with E-state index < -0.39 is 16.2 Å². The van der Waals surface area contributed by atoms with Gasteiger partial charge in [-0.2, -0.15) is 0 Å². The van der Waals surface area contributed by atoms with Gasteiger partial charge in [-0.3, -0.25) is 4.79 Å². The third-order valence-corrected chi connectivity index (χ3v) is 4.77. The van der Waals surface area contributed by atoms with Crippen molar-refractivity contribution in [2.75, 3.05) is 0 Å². The van der Waals surface area contributed by atoms with E-state index in [1.165, 1.54) is 77.0 Å². The van der Waals surface area contributed by atoms with E-state index in [-0.39, 0.29) is 6.42 Å². The van der Waals surface area contributed by atoms with Crippen LogP contribution in [0, 0.1) is 0 Å². The summed E-state index contributed by atoms with van der Waals surface area (Å²) in [4.78, 5) is 10.9. The molecular formula is C18H36O3S. The Morgan fingerprint density at radius 1 is 0.682 bits per heavy atom. The Hall–Kier alpha value is -0.220. The Bertz CT molecular complexity index is 280. The van der Waals surface area contributed by atoms with Gasteiger partial charge in [0.25, 0.3) is 0 Å². The molecule has 0 aliphatic carbocycles. The van der Waals surface area contributed by atoms with Gasteiger partial charge in [-0.1, -0.05) is 96.8 Å². The van der Waals surface area contributed by atoms with Gasteiger partial charge in [-0.15, -0.1) is 0 Å². The first-order chi connectivity index (χ1) is 10.7. The van der Waals surface area contributed by atoms with Crippen LogP contribution >= 0.6 is 0 Å². The lowest BCUT2D eigenvalue weighted by atomic mass is 10.0. The van der Waals surface area contributed by atoms with Crippen molar-refractivity contribution in [1.29, 1.82) is 0 Å². The fourth-order valence-electron chi connectivity index (χ4n) is 2.73. The van der Waals surface area contributed by atoms with Gasteiger partial charge in [0.05, 0.1) is 0 Å². The molecule has 0 rings (SSSR count). The number of hydrogen-bond acceptors (Lipinski definition) is 2. The van der Waals surface area contributed by atoms with Gasteiger partial charge < -0.3 is 4.55 Å². The molecule has 0 aromatic heterocycles. The normalized spacial score (nSPS) is 12.5. The topological polar surface area (TPSA) is 54.4 Å². The SMILES string of the molecule is CCCCCCCCCCCCCCCCCC(=O)S(=O)O. The summed E-state index contributed by atoms with van der Waals surface area (Å²) in [6.45, 7) is 2.26. The van der Waals surface area contributed by atoms with Crippen molar-refractivity contribution in [3.8, 4) is 0 Å². The van der Waals surface area contributed by atoms with Gasteiger partial charge in [0.15, 0.2) is 0 Å². The third kappa shape index (κ3) is 16.2. The van der Waals surface area contributed by atoms with E-state index in [0.717, 1.165) is 19.3 Å². The summed E-state index contributed by atoms with van der Waals surface area (Å²) in [7, 11) is 0. The van der Waals surface area contributed by atoms with Crippen molar-refractivity contribution < 1.29 is 13.6 Å². The lowest BCUT2D eigenvalue weighted by Gasteiger charge is -2.03. The molecule has 0 aromatic rings. The number of unbranched alkanes of at least 4 members (excludes halogenated alkanes) is 14. The molecule has 0 aliphatic rings. The summed E-state index contributed by atoms with van der Waals surface area (Å²) in [6, 6.07) is 0. The molecule has 0 aliphatic heterocycles. The van der Waals surface area contributed by atoms with Gasteiger partial charge in [-0.25, -0.2) is 4.21 Å². The quantitative estimate of drug-likeness (QED) is 0.279. The molecule has 0 heterocycles. The smallest absolute Gasteiger partial charge is 0.246 e. The molecule has 0 amide bonds. The fraction of sp³-hybridized carbons (Fsp3) is 0.944. The molecule has 1 unspecified atom stereocenters. The minimum Gasteiger partial charge on any atom is -0.300 e. The van der Waals surface area contributed by atoms with Crippen LogP contribution in [0.5, 0.6) is 0 Å². The molecule has 0 saturated carbocycles. The molecule has 132 valence electrons. The van der Waals surface area contributed by atoms with Crippen molar-refractivity contribution in [3.63, 3.8) is 0 Å². The maximum atomic E-state index is 10.9. The average Bonchev–Trinajstić information content (AvgIpc) is 2.50. The minimum atomic E-state index is -2.27. The minimum absolute atomic E-state index is 0.251. The Morgan fingerprint density at radius 2 is 1.00 bits per heavy atom. The first-order valence-electron chi connectivity index (χ1n) is 9.32. The van der Waals surface area contributed by atoms with E-state index in [2.05, 4.69) is 6.92 Å². The lowest BCUT2D eigenvalue weighted by Crippen LogP contribution is -2.04. The van der Waals surface area contributed by atoms with Crippen LogP contribution in [-0.2, 0) is 15.9 Å². The number of carbonyl (C=O) groups excluding carboxylic acids is 1. The van der Waals surface area contributed by atoms with E-state index in [9.17, 15) is 9.00 Å². The predicted octanol–water partition coefficient (Wildman–Crippen LogP) is 6.00. The van der Waals surface area contributed by atoms with Crippen LogP contribution in [0.4, 0.5) is 0 Å². The Balaban J connectivity index is 3.05. The van der Waals surface area contributed by atoms with Crippen molar-refractivity contribution >= 4 is 16.2 Å². The van der Waals surface area contributed by atoms with Gasteiger partial charge in [0.2, 0.25) is 16.2 Å². The van der Waals surface area contributed by atoms with E-state index in [0.29, 0.717) is 0 Å². The monoisotopic (exact) mass is 332 g/mol. The fourth-order valence-corrected chi connectivity index (χ4v) is 3.05. The highest BCUT2D eigenvalue weighted by atomic mass is 32.2. The summed E-state index contributed by atoms with van der Waals surface area (Å²) >= 11 is -2.27. The van der Waals surface area contributed by atoms with E-state index in [1.54, 1.807) is 0 Å². The summed E-state index contributed by atoms with van der Waals surface area (Å²) in [6.07, 6.45) is 19.5. The molecule has 0 bridgehead atoms. The summed E-state index contributed by atoms with van der Waals surface area (Å²) in [5, 5.41) is -0.533. The van der Waals surface area contributed by atoms with Gasteiger partial charge >= 0.3 is 0 Å². The van der Waals surface area contributed by atoms with E-state index in [1.807, 2.05) is 0 Å². The molecule has 0 radical (unpaired) electrons. The number of hydrogen-bond donors (Lipinski definition) is 1. The van der Waals surface area contributed by atoms with Crippen LogP contribution in [-0.4, -0.2) is 13.9 Å². The Labute approximate surface area is 139 Å². The molecule has 0 aromatic carbocycles. The van der Waals surface area contributed by atoms with Gasteiger partial charge in [0.1, 0.15) is 0 Å². The highest BCUT2D eigenvalue weighted by molar-refractivity contribution is 7.95.